The van der Waals surface area contributed by atoms with E-state index >= 15 is 0 Å². The Morgan fingerprint density at radius 2 is 1.87 bits per heavy atom. The molecular weight excluding hydrogens is 396 g/mol. The number of aliphatic hydroxyl groups is 1. The molecule has 1 saturated heterocycles. The fourth-order valence-electron chi connectivity index (χ4n) is 5.31. The van der Waals surface area contributed by atoms with E-state index in [0.717, 1.165) is 54.4 Å². The fraction of sp³-hybridized carbons (Fsp3) is 0.478. The van der Waals surface area contributed by atoms with Gasteiger partial charge in [-0.2, -0.15) is 9.61 Å². The van der Waals surface area contributed by atoms with Crippen molar-refractivity contribution in [1.82, 2.24) is 14.6 Å². The summed E-state index contributed by atoms with van der Waals surface area (Å²) < 4.78 is 19.0. The van der Waals surface area contributed by atoms with Gasteiger partial charge in [0.05, 0.1) is 12.3 Å². The van der Waals surface area contributed by atoms with Gasteiger partial charge >= 0.3 is 0 Å². The zero-order valence-electron chi connectivity index (χ0n) is 17.7. The topological polar surface area (TPSA) is 81.4 Å². The molecule has 162 valence electrons. The van der Waals surface area contributed by atoms with Crippen molar-refractivity contribution in [3.05, 3.63) is 41.7 Å². The number of anilines is 1. The van der Waals surface area contributed by atoms with Gasteiger partial charge in [-0.3, -0.25) is 0 Å². The SMILES string of the molecule is Cc1nc2ccnn2c(N2C[C@H]3C[C@@H](Oc4ccc5c(c4)OCO5)[C@H](O)C[C@H]3C2)c1C. The molecule has 2 aromatic heterocycles. The molecule has 1 aromatic carbocycles. The predicted molar refractivity (Wildman–Crippen MR) is 114 cm³/mol. The standard InChI is InChI=1S/C23H26N4O4/c1-13-14(2)25-22-5-6-24-27(22)23(13)26-10-15-7-18(28)20(8-16(15)11-26)31-17-3-4-19-21(9-17)30-12-29-19/h3-6,9,15-16,18,20,28H,7-8,10-12H2,1-2H3/t15-,16+,18+,20+/m0/s1. The highest BCUT2D eigenvalue weighted by Crippen LogP contribution is 2.41. The van der Waals surface area contributed by atoms with Crippen molar-refractivity contribution in [2.45, 2.75) is 38.9 Å². The van der Waals surface area contributed by atoms with Gasteiger partial charge in [-0.25, -0.2) is 4.98 Å². The van der Waals surface area contributed by atoms with Crippen LogP contribution in [0.4, 0.5) is 5.82 Å². The Morgan fingerprint density at radius 3 is 2.74 bits per heavy atom. The van der Waals surface area contributed by atoms with E-state index in [4.69, 9.17) is 14.2 Å². The highest BCUT2D eigenvalue weighted by atomic mass is 16.7. The Bertz CT molecular complexity index is 1150. The van der Waals surface area contributed by atoms with Gasteiger partial charge in [0.2, 0.25) is 6.79 Å². The molecule has 0 radical (unpaired) electrons. The quantitative estimate of drug-likeness (QED) is 0.695. The highest BCUT2D eigenvalue weighted by molar-refractivity contribution is 5.57. The molecule has 31 heavy (non-hydrogen) atoms. The first-order valence-electron chi connectivity index (χ1n) is 10.9. The van der Waals surface area contributed by atoms with Gasteiger partial charge in [-0.05, 0) is 50.7 Å². The third-order valence-corrected chi connectivity index (χ3v) is 7.00. The summed E-state index contributed by atoms with van der Waals surface area (Å²) in [5.74, 6) is 4.14. The Labute approximate surface area is 180 Å². The van der Waals surface area contributed by atoms with Crippen molar-refractivity contribution in [2.24, 2.45) is 11.8 Å². The number of nitrogens with zero attached hydrogens (tertiary/aromatic N) is 4. The van der Waals surface area contributed by atoms with Crippen LogP contribution in [0.2, 0.25) is 0 Å². The van der Waals surface area contributed by atoms with E-state index in [1.165, 1.54) is 0 Å². The maximum absolute atomic E-state index is 10.8. The minimum atomic E-state index is -0.489. The molecule has 2 aliphatic heterocycles. The van der Waals surface area contributed by atoms with Crippen LogP contribution in [0.5, 0.6) is 17.2 Å². The summed E-state index contributed by atoms with van der Waals surface area (Å²) in [7, 11) is 0. The molecule has 4 atom stereocenters. The lowest BCUT2D eigenvalue weighted by molar-refractivity contribution is -0.0232. The van der Waals surface area contributed by atoms with Crippen molar-refractivity contribution in [2.75, 3.05) is 24.8 Å². The summed E-state index contributed by atoms with van der Waals surface area (Å²) in [5, 5.41) is 15.4. The minimum absolute atomic E-state index is 0.230. The molecule has 8 heteroatoms. The van der Waals surface area contributed by atoms with Gasteiger partial charge in [-0.1, -0.05) is 0 Å². The monoisotopic (exact) mass is 422 g/mol. The molecule has 0 unspecified atom stereocenters. The van der Waals surface area contributed by atoms with E-state index < -0.39 is 6.10 Å². The number of fused-ring (bicyclic) bond motifs is 3. The van der Waals surface area contributed by atoms with Gasteiger partial charge in [0.15, 0.2) is 17.1 Å². The second kappa shape index (κ2) is 7.02. The van der Waals surface area contributed by atoms with E-state index in [1.54, 1.807) is 6.20 Å². The zero-order chi connectivity index (χ0) is 21.1. The molecule has 8 nitrogen and oxygen atoms in total. The molecule has 0 spiro atoms. The van der Waals surface area contributed by atoms with E-state index in [2.05, 4.69) is 21.9 Å². The Kier molecular flexibility index (Phi) is 4.24. The van der Waals surface area contributed by atoms with E-state index in [-0.39, 0.29) is 12.9 Å². The number of aryl methyl sites for hydroxylation is 1. The summed E-state index contributed by atoms with van der Waals surface area (Å²) in [4.78, 5) is 7.06. The normalized spacial score (nSPS) is 27.0. The number of ether oxygens (including phenoxy) is 3. The van der Waals surface area contributed by atoms with Crippen molar-refractivity contribution in [3.8, 4) is 17.2 Å². The summed E-state index contributed by atoms with van der Waals surface area (Å²) in [6.45, 7) is 6.24. The Morgan fingerprint density at radius 1 is 1.06 bits per heavy atom. The fourth-order valence-corrected chi connectivity index (χ4v) is 5.31. The largest absolute Gasteiger partial charge is 0.488 e. The second-order valence-corrected chi connectivity index (χ2v) is 8.88. The highest BCUT2D eigenvalue weighted by Gasteiger charge is 2.43. The summed E-state index contributed by atoms with van der Waals surface area (Å²) in [6.07, 6.45) is 2.64. The molecule has 0 amide bonds. The van der Waals surface area contributed by atoms with Gasteiger partial charge in [0.25, 0.3) is 0 Å². The van der Waals surface area contributed by atoms with Crippen LogP contribution in [-0.4, -0.2) is 51.8 Å². The molecule has 3 aromatic rings. The number of hydrogen-bond acceptors (Lipinski definition) is 7. The zero-order valence-corrected chi connectivity index (χ0v) is 17.7. The van der Waals surface area contributed by atoms with Gasteiger partial charge < -0.3 is 24.2 Å². The summed E-state index contributed by atoms with van der Waals surface area (Å²) in [6, 6.07) is 7.53. The maximum atomic E-state index is 10.8. The lowest BCUT2D eigenvalue weighted by atomic mass is 9.78. The smallest absolute Gasteiger partial charge is 0.231 e. The number of aromatic nitrogens is 3. The number of benzene rings is 1. The number of aliphatic hydroxyl groups excluding tert-OH is 1. The first kappa shape index (κ1) is 18.7. The van der Waals surface area contributed by atoms with Crippen molar-refractivity contribution in [3.63, 3.8) is 0 Å². The number of rotatable bonds is 3. The second-order valence-electron chi connectivity index (χ2n) is 8.88. The molecule has 4 heterocycles. The maximum Gasteiger partial charge on any atom is 0.231 e. The van der Waals surface area contributed by atoms with Crippen LogP contribution < -0.4 is 19.1 Å². The van der Waals surface area contributed by atoms with Crippen LogP contribution in [0, 0.1) is 25.7 Å². The van der Waals surface area contributed by atoms with Crippen LogP contribution in [0.3, 0.4) is 0 Å². The minimum Gasteiger partial charge on any atom is -0.488 e. The van der Waals surface area contributed by atoms with E-state index in [0.29, 0.717) is 23.3 Å². The van der Waals surface area contributed by atoms with Gasteiger partial charge in [-0.15, -0.1) is 0 Å². The molecule has 1 N–H and O–H groups in total. The molecule has 1 saturated carbocycles. The van der Waals surface area contributed by atoms with Gasteiger partial charge in [0, 0.05) is 36.5 Å². The van der Waals surface area contributed by atoms with Crippen molar-refractivity contribution < 1.29 is 19.3 Å². The van der Waals surface area contributed by atoms with E-state index in [9.17, 15) is 5.11 Å². The van der Waals surface area contributed by atoms with Crippen molar-refractivity contribution in [1.29, 1.82) is 0 Å². The predicted octanol–water partition coefficient (Wildman–Crippen LogP) is 2.73. The van der Waals surface area contributed by atoms with Crippen LogP contribution in [0.25, 0.3) is 5.65 Å². The van der Waals surface area contributed by atoms with E-state index in [1.807, 2.05) is 35.7 Å². The Hall–Kier alpha value is -3.00. The average molecular weight is 422 g/mol. The summed E-state index contributed by atoms with van der Waals surface area (Å²) >= 11 is 0. The van der Waals surface area contributed by atoms with Crippen molar-refractivity contribution >= 4 is 11.5 Å². The first-order chi connectivity index (χ1) is 15.1. The molecule has 0 bridgehead atoms. The van der Waals surface area contributed by atoms with Crippen LogP contribution in [0.15, 0.2) is 30.5 Å². The third kappa shape index (κ3) is 3.08. The molecule has 1 aliphatic carbocycles. The molecule has 3 aliphatic rings. The summed E-state index contributed by atoms with van der Waals surface area (Å²) in [5.41, 5.74) is 3.06. The van der Waals surface area contributed by atoms with Crippen LogP contribution >= 0.6 is 0 Å². The molecular formula is C23H26N4O4. The lowest BCUT2D eigenvalue weighted by Crippen LogP contribution is -2.42. The van der Waals surface area contributed by atoms with Crippen LogP contribution in [-0.2, 0) is 0 Å². The Balaban J connectivity index is 1.22. The first-order valence-corrected chi connectivity index (χ1v) is 10.9. The van der Waals surface area contributed by atoms with Crippen LogP contribution in [0.1, 0.15) is 24.1 Å². The number of hydrogen-bond donors (Lipinski definition) is 1. The molecule has 2 fully saturated rings. The van der Waals surface area contributed by atoms with Gasteiger partial charge in [0.1, 0.15) is 17.7 Å². The third-order valence-electron chi connectivity index (χ3n) is 7.00. The molecule has 6 rings (SSSR count). The average Bonchev–Trinajstić information content (AvgIpc) is 3.48. The lowest BCUT2D eigenvalue weighted by Gasteiger charge is -2.35.